The van der Waals surface area contributed by atoms with E-state index in [0.29, 0.717) is 17.5 Å². The van der Waals surface area contributed by atoms with E-state index in [1.165, 1.54) is 0 Å². The SMILES string of the molecule is COC1(OC)/C(=N/NS(=O)(=O)c2ccc(C)cc2)[C@@H]2C[C@@H]1[C@H]1C[C@@H]12. The molecule has 3 aliphatic rings. The number of hydrogen-bond donors (Lipinski definition) is 1. The summed E-state index contributed by atoms with van der Waals surface area (Å²) in [7, 11) is -0.495. The molecule has 0 saturated heterocycles. The van der Waals surface area contributed by atoms with Crippen molar-refractivity contribution in [2.45, 2.75) is 30.4 Å². The fourth-order valence-corrected chi connectivity index (χ4v) is 5.44. The number of hydrazone groups is 1. The van der Waals surface area contributed by atoms with Crippen molar-refractivity contribution in [3.05, 3.63) is 29.8 Å². The zero-order valence-corrected chi connectivity index (χ0v) is 14.8. The minimum Gasteiger partial charge on any atom is -0.348 e. The van der Waals surface area contributed by atoms with Crippen molar-refractivity contribution in [2.75, 3.05) is 14.2 Å². The highest BCUT2D eigenvalue weighted by molar-refractivity contribution is 7.89. The molecule has 3 aliphatic carbocycles. The van der Waals surface area contributed by atoms with Crippen molar-refractivity contribution in [2.24, 2.45) is 28.8 Å². The van der Waals surface area contributed by atoms with Gasteiger partial charge in [-0.25, -0.2) is 0 Å². The monoisotopic (exact) mass is 350 g/mol. The zero-order valence-electron chi connectivity index (χ0n) is 14.0. The lowest BCUT2D eigenvalue weighted by molar-refractivity contribution is -0.186. The van der Waals surface area contributed by atoms with Gasteiger partial charge >= 0.3 is 0 Å². The number of aryl methyl sites for hydroxylation is 1. The Morgan fingerprint density at radius 1 is 1.12 bits per heavy atom. The lowest BCUT2D eigenvalue weighted by atomic mass is 9.92. The van der Waals surface area contributed by atoms with E-state index >= 15 is 0 Å². The van der Waals surface area contributed by atoms with Gasteiger partial charge in [0.05, 0.1) is 4.90 Å². The Morgan fingerprint density at radius 2 is 1.79 bits per heavy atom. The highest BCUT2D eigenvalue weighted by Crippen LogP contribution is 2.68. The molecule has 4 rings (SSSR count). The average Bonchev–Trinajstić information content (AvgIpc) is 3.21. The van der Waals surface area contributed by atoms with Gasteiger partial charge in [0.15, 0.2) is 0 Å². The average molecular weight is 350 g/mol. The second kappa shape index (κ2) is 5.28. The molecule has 0 heterocycles. The summed E-state index contributed by atoms with van der Waals surface area (Å²) >= 11 is 0. The van der Waals surface area contributed by atoms with Crippen molar-refractivity contribution in [3.8, 4) is 0 Å². The molecule has 0 amide bonds. The predicted molar refractivity (Wildman–Crippen MR) is 88.9 cm³/mol. The van der Waals surface area contributed by atoms with E-state index in [1.807, 2.05) is 6.92 Å². The van der Waals surface area contributed by atoms with Crippen LogP contribution in [0.3, 0.4) is 0 Å². The number of rotatable bonds is 5. The molecule has 1 aromatic rings. The maximum absolute atomic E-state index is 12.5. The molecule has 1 N–H and O–H groups in total. The third kappa shape index (κ3) is 2.14. The van der Waals surface area contributed by atoms with Crippen LogP contribution in [0.2, 0.25) is 0 Å². The molecule has 7 heteroatoms. The second-order valence-electron chi connectivity index (χ2n) is 6.99. The van der Waals surface area contributed by atoms with Crippen molar-refractivity contribution < 1.29 is 17.9 Å². The van der Waals surface area contributed by atoms with E-state index in [9.17, 15) is 8.42 Å². The largest absolute Gasteiger partial charge is 0.348 e. The Labute approximate surface area is 142 Å². The number of fused-ring (bicyclic) bond motifs is 5. The quantitative estimate of drug-likeness (QED) is 0.650. The third-order valence-corrected chi connectivity index (χ3v) is 7.08. The number of benzene rings is 1. The van der Waals surface area contributed by atoms with E-state index < -0.39 is 15.8 Å². The molecule has 0 spiro atoms. The highest BCUT2D eigenvalue weighted by Gasteiger charge is 2.71. The lowest BCUT2D eigenvalue weighted by Crippen LogP contribution is -2.49. The van der Waals surface area contributed by atoms with Crippen LogP contribution in [0.25, 0.3) is 0 Å². The minimum absolute atomic E-state index is 0.199. The first kappa shape index (κ1) is 16.1. The van der Waals surface area contributed by atoms with Gasteiger partial charge < -0.3 is 9.47 Å². The molecule has 3 fully saturated rings. The maximum atomic E-state index is 12.5. The van der Waals surface area contributed by atoms with Crippen molar-refractivity contribution in [1.29, 1.82) is 0 Å². The van der Waals surface area contributed by atoms with Crippen LogP contribution in [0.4, 0.5) is 0 Å². The van der Waals surface area contributed by atoms with E-state index in [2.05, 4.69) is 9.93 Å². The molecule has 1 aromatic carbocycles. The Morgan fingerprint density at radius 3 is 2.42 bits per heavy atom. The molecular formula is C17H22N2O4S. The number of nitrogens with zero attached hydrogens (tertiary/aromatic N) is 1. The molecule has 2 bridgehead atoms. The van der Waals surface area contributed by atoms with Gasteiger partial charge in [0, 0.05) is 26.1 Å². The summed E-state index contributed by atoms with van der Waals surface area (Å²) < 4.78 is 36.4. The van der Waals surface area contributed by atoms with Crippen LogP contribution in [0.5, 0.6) is 0 Å². The number of sulfonamides is 1. The summed E-state index contributed by atoms with van der Waals surface area (Å²) in [6, 6.07) is 6.69. The van der Waals surface area contributed by atoms with Gasteiger partial charge in [-0.15, -0.1) is 0 Å². The summed E-state index contributed by atoms with van der Waals surface area (Å²) in [5.41, 5.74) is 1.69. The molecule has 0 unspecified atom stereocenters. The first-order chi connectivity index (χ1) is 11.4. The second-order valence-corrected chi connectivity index (χ2v) is 8.65. The van der Waals surface area contributed by atoms with Crippen LogP contribution in [-0.2, 0) is 19.5 Å². The number of nitrogens with one attached hydrogen (secondary N) is 1. The van der Waals surface area contributed by atoms with Gasteiger partial charge in [-0.3, -0.25) is 0 Å². The van der Waals surface area contributed by atoms with E-state index in [-0.39, 0.29) is 16.7 Å². The van der Waals surface area contributed by atoms with Gasteiger partial charge in [0.1, 0.15) is 5.71 Å². The first-order valence-corrected chi connectivity index (χ1v) is 9.68. The topological polar surface area (TPSA) is 77.0 Å². The van der Waals surface area contributed by atoms with Gasteiger partial charge in [-0.1, -0.05) is 17.7 Å². The lowest BCUT2D eigenvalue weighted by Gasteiger charge is -2.35. The number of methoxy groups -OCH3 is 2. The fourth-order valence-electron chi connectivity index (χ4n) is 4.62. The first-order valence-electron chi connectivity index (χ1n) is 8.20. The summed E-state index contributed by atoms with van der Waals surface area (Å²) in [5.74, 6) is 0.863. The summed E-state index contributed by atoms with van der Waals surface area (Å²) in [5, 5.41) is 4.28. The molecule has 0 aliphatic heterocycles. The van der Waals surface area contributed by atoms with Crippen LogP contribution in [-0.4, -0.2) is 34.1 Å². The normalized spacial score (nSPS) is 34.4. The summed E-state index contributed by atoms with van der Waals surface area (Å²) in [6.45, 7) is 1.91. The van der Waals surface area contributed by atoms with Crippen LogP contribution < -0.4 is 4.83 Å². The molecular weight excluding hydrogens is 328 g/mol. The maximum Gasteiger partial charge on any atom is 0.276 e. The molecule has 4 atom stereocenters. The minimum atomic E-state index is -3.70. The standard InChI is InChI=1S/C17H22N2O4S/c1-10-4-6-11(7-5-10)24(20,21)19-18-16-14-9-15(13-8-12(13)14)17(16,22-2)23-3/h4-7,12-15,19H,8-9H2,1-3H3/b18-16+/t12-,13-,14+,15+/m0/s1. The number of hydrogen-bond acceptors (Lipinski definition) is 5. The summed E-state index contributed by atoms with van der Waals surface area (Å²) in [6.07, 6.45) is 2.12. The van der Waals surface area contributed by atoms with Gasteiger partial charge in [-0.05, 0) is 43.7 Å². The van der Waals surface area contributed by atoms with Gasteiger partial charge in [-0.2, -0.15) is 18.4 Å². The van der Waals surface area contributed by atoms with E-state index in [0.717, 1.165) is 18.4 Å². The van der Waals surface area contributed by atoms with E-state index in [1.54, 1.807) is 38.5 Å². The Hall–Kier alpha value is -1.44. The predicted octanol–water partition coefficient (Wildman–Crippen LogP) is 1.90. The van der Waals surface area contributed by atoms with Crippen LogP contribution >= 0.6 is 0 Å². The molecule has 3 saturated carbocycles. The van der Waals surface area contributed by atoms with Crippen molar-refractivity contribution >= 4 is 15.7 Å². The van der Waals surface area contributed by atoms with Crippen LogP contribution in [0.15, 0.2) is 34.3 Å². The number of ether oxygens (including phenoxy) is 2. The summed E-state index contributed by atoms with van der Waals surface area (Å²) in [4.78, 5) is 2.58. The Bertz CT molecular complexity index is 783. The molecule has 0 aromatic heterocycles. The van der Waals surface area contributed by atoms with Crippen LogP contribution in [0.1, 0.15) is 18.4 Å². The fraction of sp³-hybridized carbons (Fsp3) is 0.588. The Kier molecular flexibility index (Phi) is 3.53. The molecule has 0 radical (unpaired) electrons. The Balaban J connectivity index is 1.64. The van der Waals surface area contributed by atoms with Crippen molar-refractivity contribution in [3.63, 3.8) is 0 Å². The zero-order chi connectivity index (χ0) is 17.1. The molecule has 6 nitrogen and oxygen atoms in total. The smallest absolute Gasteiger partial charge is 0.276 e. The highest BCUT2D eigenvalue weighted by atomic mass is 32.2. The third-order valence-electron chi connectivity index (χ3n) is 5.85. The molecule has 130 valence electrons. The van der Waals surface area contributed by atoms with E-state index in [4.69, 9.17) is 9.47 Å². The molecule has 24 heavy (non-hydrogen) atoms. The van der Waals surface area contributed by atoms with Crippen molar-refractivity contribution in [1.82, 2.24) is 4.83 Å². The van der Waals surface area contributed by atoms with Gasteiger partial charge in [0.2, 0.25) is 5.79 Å². The van der Waals surface area contributed by atoms with Crippen LogP contribution in [0, 0.1) is 30.6 Å². The van der Waals surface area contributed by atoms with Gasteiger partial charge in [0.25, 0.3) is 10.0 Å².